The highest BCUT2D eigenvalue weighted by Gasteiger charge is 2.14. The minimum Gasteiger partial charge on any atom is -0.374 e. The van der Waals surface area contributed by atoms with E-state index in [0.29, 0.717) is 16.8 Å². The highest BCUT2D eigenvalue weighted by molar-refractivity contribution is 7.77. The van der Waals surface area contributed by atoms with E-state index in [4.69, 9.17) is 16.2 Å². The van der Waals surface area contributed by atoms with Gasteiger partial charge in [0.15, 0.2) is 5.82 Å². The molecule has 10 heteroatoms. The van der Waals surface area contributed by atoms with E-state index in [-0.39, 0.29) is 6.54 Å². The van der Waals surface area contributed by atoms with Gasteiger partial charge in [0, 0.05) is 37.2 Å². The Morgan fingerprint density at radius 2 is 2.03 bits per heavy atom. The van der Waals surface area contributed by atoms with Gasteiger partial charge in [-0.05, 0) is 54.7 Å². The molecule has 0 saturated carbocycles. The Morgan fingerprint density at radius 3 is 2.88 bits per heavy atom. The van der Waals surface area contributed by atoms with Crippen molar-refractivity contribution in [1.29, 1.82) is 0 Å². The first-order valence-corrected chi connectivity index (χ1v) is 11.8. The fourth-order valence-corrected chi connectivity index (χ4v) is 4.15. The normalized spacial score (nSPS) is 14.4. The molecule has 1 aromatic heterocycles. The van der Waals surface area contributed by atoms with E-state index in [1.165, 1.54) is 24.1 Å². The summed E-state index contributed by atoms with van der Waals surface area (Å²) in [7, 11) is 2.13. The molecule has 2 aromatic carbocycles. The number of aryl methyl sites for hydroxylation is 1. The number of aromatic nitrogens is 2. The molecule has 168 valence electrons. The fraction of sp³-hybridized carbons (Fsp3) is 0.273. The average molecular weight is 473 g/mol. The second kappa shape index (κ2) is 10.3. The van der Waals surface area contributed by atoms with E-state index in [9.17, 15) is 4.21 Å². The molecule has 4 N–H and O–H groups in total. The van der Waals surface area contributed by atoms with Crippen molar-refractivity contribution in [2.75, 3.05) is 29.1 Å². The molecule has 0 saturated heterocycles. The van der Waals surface area contributed by atoms with Crippen molar-refractivity contribution in [3.63, 3.8) is 0 Å². The van der Waals surface area contributed by atoms with Crippen LogP contribution in [0.25, 0.3) is 0 Å². The van der Waals surface area contributed by atoms with Gasteiger partial charge in [-0.1, -0.05) is 29.8 Å². The predicted octanol–water partition coefficient (Wildman–Crippen LogP) is 4.62. The molecule has 8 nitrogen and oxygen atoms in total. The highest BCUT2D eigenvalue weighted by atomic mass is 35.5. The number of anilines is 5. The number of fused-ring (bicyclic) bond motifs is 1. The Hall–Kier alpha value is -2.72. The predicted molar refractivity (Wildman–Crippen MR) is 130 cm³/mol. The number of hydrogen-bond donors (Lipinski definition) is 4. The van der Waals surface area contributed by atoms with Gasteiger partial charge in [-0.2, -0.15) is 4.98 Å². The number of nitrogens with zero attached hydrogens (tertiary/aromatic N) is 3. The summed E-state index contributed by atoms with van der Waals surface area (Å²) in [5, 5.41) is 6.84. The van der Waals surface area contributed by atoms with E-state index in [1.54, 1.807) is 6.20 Å². The van der Waals surface area contributed by atoms with Crippen LogP contribution in [0.4, 0.5) is 28.8 Å². The highest BCUT2D eigenvalue weighted by Crippen LogP contribution is 2.30. The number of halogens is 1. The zero-order chi connectivity index (χ0) is 22.5. The topological polar surface area (TPSA) is 102 Å². The summed E-state index contributed by atoms with van der Waals surface area (Å²) in [4.78, 5) is 11.1. The van der Waals surface area contributed by atoms with Gasteiger partial charge in [-0.15, -0.1) is 0 Å². The molecule has 1 atom stereocenters. The number of rotatable bonds is 7. The Labute approximate surface area is 194 Å². The minimum atomic E-state index is -2.10. The minimum absolute atomic E-state index is 0.212. The van der Waals surface area contributed by atoms with Crippen LogP contribution in [0.5, 0.6) is 0 Å². The summed E-state index contributed by atoms with van der Waals surface area (Å²) in [5.41, 5.74) is 5.02. The number of benzene rings is 2. The van der Waals surface area contributed by atoms with Crippen molar-refractivity contribution in [3.05, 3.63) is 64.8 Å². The largest absolute Gasteiger partial charge is 0.374 e. The molecule has 3 aromatic rings. The van der Waals surface area contributed by atoms with Crippen LogP contribution in [0.3, 0.4) is 0 Å². The Balaban J connectivity index is 1.54. The van der Waals surface area contributed by atoms with Crippen LogP contribution in [0, 0.1) is 0 Å². The lowest BCUT2D eigenvalue weighted by Crippen LogP contribution is -2.17. The lowest BCUT2D eigenvalue weighted by molar-refractivity contribution is 0.549. The van der Waals surface area contributed by atoms with Crippen molar-refractivity contribution in [3.8, 4) is 0 Å². The zero-order valence-corrected chi connectivity index (χ0v) is 19.2. The summed E-state index contributed by atoms with van der Waals surface area (Å²) >= 11 is 4.23. The van der Waals surface area contributed by atoms with Crippen LogP contribution >= 0.6 is 11.6 Å². The summed E-state index contributed by atoms with van der Waals surface area (Å²) in [5.74, 6) is 0.863. The van der Waals surface area contributed by atoms with Crippen LogP contribution in [-0.2, 0) is 24.2 Å². The molecule has 1 unspecified atom stereocenters. The molecule has 0 aliphatic carbocycles. The van der Waals surface area contributed by atoms with Crippen molar-refractivity contribution in [2.24, 2.45) is 0 Å². The number of para-hydroxylation sites is 1. The van der Waals surface area contributed by atoms with Gasteiger partial charge in [-0.3, -0.25) is 4.55 Å². The lowest BCUT2D eigenvalue weighted by Gasteiger charge is -2.20. The standard InChI is InChI=1S/C22H25ClN6O2S/c1-29-11-5-4-6-15-12-17(9-10-20(15)29)26-22-24-14-18(23)21(28-22)27-19-8-3-2-7-16(19)13-25-32(30)31/h2-3,7-10,12,14,25H,4-6,11,13H2,1H3,(H,30,31)(H2,24,26,27,28). The lowest BCUT2D eigenvalue weighted by atomic mass is 10.1. The number of nitrogens with one attached hydrogen (secondary N) is 3. The summed E-state index contributed by atoms with van der Waals surface area (Å²) in [6.07, 6.45) is 4.95. The maximum atomic E-state index is 11.0. The third-order valence-corrected chi connectivity index (χ3v) is 6.01. The van der Waals surface area contributed by atoms with Crippen LogP contribution in [0.2, 0.25) is 5.02 Å². The quantitative estimate of drug-likeness (QED) is 0.372. The molecular weight excluding hydrogens is 448 g/mol. The summed E-state index contributed by atoms with van der Waals surface area (Å²) in [6, 6.07) is 13.7. The molecule has 32 heavy (non-hydrogen) atoms. The van der Waals surface area contributed by atoms with E-state index in [1.807, 2.05) is 30.3 Å². The van der Waals surface area contributed by atoms with Crippen molar-refractivity contribution >= 4 is 51.7 Å². The molecule has 1 aliphatic heterocycles. The van der Waals surface area contributed by atoms with Crippen LogP contribution in [0.1, 0.15) is 24.0 Å². The van der Waals surface area contributed by atoms with Gasteiger partial charge in [0.25, 0.3) is 0 Å². The maximum Gasteiger partial charge on any atom is 0.232 e. The van der Waals surface area contributed by atoms with Gasteiger partial charge < -0.3 is 15.5 Å². The monoisotopic (exact) mass is 472 g/mol. The average Bonchev–Trinajstić information content (AvgIpc) is 2.96. The van der Waals surface area contributed by atoms with Crippen LogP contribution in [-0.4, -0.2) is 32.3 Å². The molecule has 1 aliphatic rings. The third kappa shape index (κ3) is 5.55. The second-order valence-corrected chi connectivity index (χ2v) is 8.78. The molecule has 2 heterocycles. The number of hydrogen-bond acceptors (Lipinski definition) is 6. The second-order valence-electron chi connectivity index (χ2n) is 7.59. The molecule has 0 amide bonds. The molecular formula is C22H25ClN6O2S. The molecule has 0 radical (unpaired) electrons. The molecule has 0 spiro atoms. The zero-order valence-electron chi connectivity index (χ0n) is 17.6. The van der Waals surface area contributed by atoms with Crippen molar-refractivity contribution in [2.45, 2.75) is 25.8 Å². The fourth-order valence-electron chi connectivity index (χ4n) is 3.73. The summed E-state index contributed by atoms with van der Waals surface area (Å²) in [6.45, 7) is 1.28. The van der Waals surface area contributed by atoms with E-state index in [2.05, 4.69) is 49.4 Å². The van der Waals surface area contributed by atoms with Gasteiger partial charge >= 0.3 is 0 Å². The van der Waals surface area contributed by atoms with E-state index >= 15 is 0 Å². The molecule has 4 rings (SSSR count). The molecule has 0 fully saturated rings. The first-order valence-electron chi connectivity index (χ1n) is 10.3. The summed E-state index contributed by atoms with van der Waals surface area (Å²) < 4.78 is 22.5. The Kier molecular flexibility index (Phi) is 7.21. The smallest absolute Gasteiger partial charge is 0.232 e. The van der Waals surface area contributed by atoms with Crippen LogP contribution in [0.15, 0.2) is 48.7 Å². The van der Waals surface area contributed by atoms with E-state index in [0.717, 1.165) is 29.9 Å². The molecule has 0 bridgehead atoms. The SMILES string of the molecule is CN1CCCCc2cc(Nc3ncc(Cl)c(Nc4ccccc4CNS(=O)O)n3)ccc21. The Bertz CT molecular complexity index is 1130. The van der Waals surface area contributed by atoms with Gasteiger partial charge in [0.1, 0.15) is 5.02 Å². The first kappa shape index (κ1) is 22.5. The third-order valence-electron chi connectivity index (χ3n) is 5.34. The van der Waals surface area contributed by atoms with E-state index < -0.39 is 11.3 Å². The van der Waals surface area contributed by atoms with Gasteiger partial charge in [0.2, 0.25) is 17.2 Å². The first-order chi connectivity index (χ1) is 15.5. The van der Waals surface area contributed by atoms with Crippen LogP contribution < -0.4 is 20.3 Å². The Morgan fingerprint density at radius 1 is 1.19 bits per heavy atom. The van der Waals surface area contributed by atoms with Gasteiger partial charge in [0.05, 0.1) is 6.20 Å². The van der Waals surface area contributed by atoms with Crippen molar-refractivity contribution < 1.29 is 8.76 Å². The van der Waals surface area contributed by atoms with Crippen molar-refractivity contribution in [1.82, 2.24) is 14.7 Å². The maximum absolute atomic E-state index is 11.0. The van der Waals surface area contributed by atoms with Gasteiger partial charge in [-0.25, -0.2) is 13.9 Å².